The van der Waals surface area contributed by atoms with Gasteiger partial charge < -0.3 is 100 Å². The normalized spacial score (nSPS) is 26.5. The molecule has 0 radical (unpaired) electrons. The minimum atomic E-state index is -2.03. The molecular formula is C53H80N10O25. The minimum absolute atomic E-state index is 0.0199. The number of primary amides is 1. The number of carbonyl (C=O) groups excluding carboxylic acids is 15. The second kappa shape index (κ2) is 33.3. The molecule has 10 N–H and O–H groups in total. The van der Waals surface area contributed by atoms with E-state index in [1.807, 2.05) is 0 Å². The molecule has 0 spiro atoms. The van der Waals surface area contributed by atoms with Gasteiger partial charge in [0.15, 0.2) is 30.9 Å². The second-order valence-electron chi connectivity index (χ2n) is 21.2. The Morgan fingerprint density at radius 1 is 0.568 bits per heavy atom. The summed E-state index contributed by atoms with van der Waals surface area (Å²) in [5.74, 6) is -13.3. The molecule has 10 amide bonds. The van der Waals surface area contributed by atoms with E-state index < -0.39 is 219 Å². The van der Waals surface area contributed by atoms with Crippen LogP contribution in [0, 0.1) is 0 Å². The van der Waals surface area contributed by atoms with Crippen LogP contribution < -0.4 is 43.0 Å². The van der Waals surface area contributed by atoms with Gasteiger partial charge in [0.2, 0.25) is 59.1 Å². The molecule has 492 valence electrons. The predicted molar refractivity (Wildman–Crippen MR) is 291 cm³/mol. The van der Waals surface area contributed by atoms with E-state index >= 15 is 0 Å². The zero-order valence-corrected chi connectivity index (χ0v) is 50.6. The van der Waals surface area contributed by atoms with Crippen molar-refractivity contribution in [1.29, 1.82) is 0 Å². The smallest absolute Gasteiger partial charge is 0.303 e. The molecule has 88 heavy (non-hydrogen) atoms. The fourth-order valence-electron chi connectivity index (χ4n) is 10.2. The zero-order chi connectivity index (χ0) is 66.0. The van der Waals surface area contributed by atoms with Crippen LogP contribution >= 0.6 is 0 Å². The Bertz CT molecular complexity index is 2630. The van der Waals surface area contributed by atoms with Crippen molar-refractivity contribution in [1.82, 2.24) is 47.0 Å². The highest BCUT2D eigenvalue weighted by Crippen LogP contribution is 2.35. The number of nitrogens with two attached hydrogens (primary N) is 1. The van der Waals surface area contributed by atoms with E-state index in [9.17, 15) is 77.0 Å². The Morgan fingerprint density at radius 2 is 1.07 bits per heavy atom. The number of nitrogens with one attached hydrogen (secondary N) is 7. The Labute approximate surface area is 505 Å². The number of amides is 10. The van der Waals surface area contributed by atoms with Gasteiger partial charge in [-0.05, 0) is 46.5 Å². The van der Waals surface area contributed by atoms with Crippen LogP contribution in [0.25, 0.3) is 0 Å². The first-order valence-electron chi connectivity index (χ1n) is 28.1. The van der Waals surface area contributed by atoms with Crippen LogP contribution in [0.5, 0.6) is 0 Å². The molecule has 0 aromatic heterocycles. The van der Waals surface area contributed by atoms with Crippen LogP contribution in [-0.2, 0) is 115 Å². The summed E-state index contributed by atoms with van der Waals surface area (Å²) in [5, 5.41) is 27.2. The Hall–Kier alpha value is -8.15. The van der Waals surface area contributed by atoms with Gasteiger partial charge in [-0.2, -0.15) is 0 Å². The largest absolute Gasteiger partial charge is 0.463 e. The predicted octanol–water partition coefficient (Wildman–Crippen LogP) is -6.27. The summed E-state index contributed by atoms with van der Waals surface area (Å²) in [6, 6.07) is -12.0. The molecule has 0 aromatic rings. The van der Waals surface area contributed by atoms with E-state index in [4.69, 9.17) is 48.4 Å². The summed E-state index contributed by atoms with van der Waals surface area (Å²) in [7, 11) is 0. The third-order valence-corrected chi connectivity index (χ3v) is 14.0. The summed E-state index contributed by atoms with van der Waals surface area (Å²) < 4.78 is 52.9. The lowest BCUT2D eigenvalue weighted by Gasteiger charge is -2.50. The van der Waals surface area contributed by atoms with Crippen molar-refractivity contribution in [3.8, 4) is 0 Å². The maximum atomic E-state index is 14.8. The average Bonchev–Trinajstić information content (AvgIpc) is 1.13. The molecule has 35 heteroatoms. The lowest BCUT2D eigenvalue weighted by Crippen LogP contribution is -2.71. The van der Waals surface area contributed by atoms with Crippen molar-refractivity contribution in [3.63, 3.8) is 0 Å². The fourth-order valence-corrected chi connectivity index (χ4v) is 10.2. The highest BCUT2D eigenvalue weighted by Gasteiger charge is 2.57. The van der Waals surface area contributed by atoms with Gasteiger partial charge >= 0.3 is 29.8 Å². The van der Waals surface area contributed by atoms with Crippen molar-refractivity contribution in [2.45, 2.75) is 205 Å². The average molecular weight is 1260 g/mol. The molecule has 4 saturated heterocycles. The first kappa shape index (κ1) is 72.3. The van der Waals surface area contributed by atoms with E-state index in [2.05, 4.69) is 37.2 Å². The molecule has 4 heterocycles. The number of aliphatic hydroxyl groups is 1. The molecule has 4 aliphatic heterocycles. The van der Waals surface area contributed by atoms with E-state index in [0.717, 1.165) is 55.4 Å². The molecule has 0 aromatic carbocycles. The van der Waals surface area contributed by atoms with Gasteiger partial charge in [0.05, 0.1) is 19.3 Å². The minimum Gasteiger partial charge on any atom is -0.463 e. The Balaban J connectivity index is 1.83. The topological polar surface area (TPSA) is 476 Å². The van der Waals surface area contributed by atoms with E-state index in [1.54, 1.807) is 0 Å². The summed E-state index contributed by atoms with van der Waals surface area (Å²) >= 11 is 0. The van der Waals surface area contributed by atoms with E-state index in [1.165, 1.54) is 30.6 Å². The molecule has 17 atom stereocenters. The van der Waals surface area contributed by atoms with Gasteiger partial charge in [-0.1, -0.05) is 0 Å². The van der Waals surface area contributed by atoms with Gasteiger partial charge in [-0.25, -0.2) is 0 Å². The Kier molecular flexibility index (Phi) is 27.3. The zero-order valence-electron chi connectivity index (χ0n) is 50.6. The molecule has 4 rings (SSSR count). The van der Waals surface area contributed by atoms with E-state index in [0.29, 0.717) is 12.8 Å². The van der Waals surface area contributed by atoms with Crippen molar-refractivity contribution in [3.05, 3.63) is 0 Å². The molecule has 0 aliphatic carbocycles. The van der Waals surface area contributed by atoms with Crippen molar-refractivity contribution in [2.24, 2.45) is 5.73 Å². The summed E-state index contributed by atoms with van der Waals surface area (Å²) in [5.41, 5.74) is 5.33. The standard InChI is InChI=1S/C53H80N10O25/c1-22(46(54)74)56-48(76)34-14-12-16-62(34)51(79)35-15-13-17-63(35)50(78)23(2)57-49(77)39(61-47(75)33(19-64)60-38(73)18-55-25(4)65)24(3)82-52-41(59-27(6)67)45(43(84-31(10)71)37(86-52)21-81-29(8)69)88-53-40(58-26(5)66)44(85-32(11)72)42(83-30(9)70)36(87-53)20-80-28(7)68/h22-24,33-37,39-45,52-53,64H,12-21H2,1-11H3,(H2,54,74)(H,55,65)(H,56,76)(H,57,77)(H,58,66)(H,59,67)(H,60,73)(H,61,75)/t22?,23?,24?,33?,34?,35?,36?,37?,39?,40-,41-,42+,43-,44?,45?,52-,53-/m0/s1. The van der Waals surface area contributed by atoms with Crippen molar-refractivity contribution in [2.75, 3.05) is 39.5 Å². The number of aliphatic hydroxyl groups excluding tert-OH is 1. The molecule has 35 nitrogen and oxygen atoms in total. The molecular weight excluding hydrogens is 1180 g/mol. The summed E-state index contributed by atoms with van der Waals surface area (Å²) in [4.78, 5) is 199. The van der Waals surface area contributed by atoms with Crippen LogP contribution in [0.15, 0.2) is 0 Å². The molecule has 11 unspecified atom stereocenters. The highest BCUT2D eigenvalue weighted by atomic mass is 16.7. The lowest BCUT2D eigenvalue weighted by molar-refractivity contribution is -0.334. The highest BCUT2D eigenvalue weighted by molar-refractivity contribution is 5.98. The number of likely N-dealkylation sites (tertiary alicyclic amines) is 2. The number of carbonyl (C=O) groups is 15. The maximum absolute atomic E-state index is 14.8. The molecule has 4 fully saturated rings. The quantitative estimate of drug-likeness (QED) is 0.0273. The van der Waals surface area contributed by atoms with Crippen LogP contribution in [0.1, 0.15) is 102 Å². The van der Waals surface area contributed by atoms with Crippen molar-refractivity contribution >= 4 is 88.9 Å². The number of hydrogen-bond donors (Lipinski definition) is 9. The van der Waals surface area contributed by atoms with Crippen LogP contribution in [0.2, 0.25) is 0 Å². The third kappa shape index (κ3) is 20.8. The molecule has 0 saturated carbocycles. The first-order valence-corrected chi connectivity index (χ1v) is 28.1. The van der Waals surface area contributed by atoms with Gasteiger partial charge in [0, 0.05) is 68.5 Å². The van der Waals surface area contributed by atoms with Crippen LogP contribution in [0.4, 0.5) is 0 Å². The summed E-state index contributed by atoms with van der Waals surface area (Å²) in [6.45, 7) is 8.90. The van der Waals surface area contributed by atoms with E-state index in [-0.39, 0.29) is 25.9 Å². The van der Waals surface area contributed by atoms with Crippen molar-refractivity contribution < 1.29 is 120 Å². The molecule has 0 bridgehead atoms. The first-order chi connectivity index (χ1) is 41.2. The van der Waals surface area contributed by atoms with Gasteiger partial charge in [0.1, 0.15) is 79.9 Å². The van der Waals surface area contributed by atoms with Gasteiger partial charge in [0.25, 0.3) is 0 Å². The lowest BCUT2D eigenvalue weighted by atomic mass is 9.93. The second-order valence-corrected chi connectivity index (χ2v) is 21.2. The SMILES string of the molecule is CC(=O)NCC(=O)NC(CO)C(=O)NC(C(=O)NC(C)C(=O)N1CCCC1C(=O)N1CCCC1C(=O)NC(C)C(N)=O)C(C)O[C@H]1OC(COC(C)=O)[C@H](OC(C)=O)C(O[C@@H]2OC(COC(C)=O)[C@@H](OC(C)=O)C(OC(C)=O)[C@@H]2NC(C)=O)[C@@H]1NC(C)=O. The maximum Gasteiger partial charge on any atom is 0.303 e. The van der Waals surface area contributed by atoms with Crippen LogP contribution in [0.3, 0.4) is 0 Å². The number of esters is 5. The van der Waals surface area contributed by atoms with Gasteiger partial charge in [-0.15, -0.1) is 0 Å². The number of hydrogen-bond acceptors (Lipinski definition) is 25. The fraction of sp³-hybridized carbons (Fsp3) is 0.717. The third-order valence-electron chi connectivity index (χ3n) is 14.0. The van der Waals surface area contributed by atoms with Crippen LogP contribution in [-0.4, -0.2) is 247 Å². The summed E-state index contributed by atoms with van der Waals surface area (Å²) in [6.07, 6.45) is -14.9. The Morgan fingerprint density at radius 3 is 1.57 bits per heavy atom. The molecule has 4 aliphatic rings. The van der Waals surface area contributed by atoms with Gasteiger partial charge in [-0.3, -0.25) is 71.9 Å². The monoisotopic (exact) mass is 1260 g/mol. The number of rotatable bonds is 27. The number of nitrogens with zero attached hydrogens (tertiary/aromatic N) is 2. The number of ether oxygens (including phenoxy) is 9.